The Morgan fingerprint density at radius 1 is 1.11 bits per heavy atom. The fourth-order valence-corrected chi connectivity index (χ4v) is 2.34. The summed E-state index contributed by atoms with van der Waals surface area (Å²) < 4.78 is 5.58. The highest BCUT2D eigenvalue weighted by Crippen LogP contribution is 2.23. The molecule has 0 radical (unpaired) electrons. The quantitative estimate of drug-likeness (QED) is 0.799. The van der Waals surface area contributed by atoms with Gasteiger partial charge in [-0.05, 0) is 42.6 Å². The van der Waals surface area contributed by atoms with Gasteiger partial charge >= 0.3 is 0 Å². The molecule has 0 aliphatic heterocycles. The molecule has 0 fully saturated rings. The van der Waals surface area contributed by atoms with Crippen LogP contribution in [0.25, 0.3) is 0 Å². The van der Waals surface area contributed by atoms with Crippen molar-refractivity contribution in [3.8, 4) is 0 Å². The van der Waals surface area contributed by atoms with Crippen molar-refractivity contribution >= 4 is 0 Å². The molecule has 0 aliphatic carbocycles. The van der Waals surface area contributed by atoms with E-state index in [1.165, 1.54) is 17.5 Å². The second-order valence-electron chi connectivity index (χ2n) is 4.90. The van der Waals surface area contributed by atoms with Crippen molar-refractivity contribution in [2.75, 3.05) is 6.54 Å². The molecule has 2 nitrogen and oxygen atoms in total. The lowest BCUT2D eigenvalue weighted by atomic mass is 10.00. The van der Waals surface area contributed by atoms with Crippen molar-refractivity contribution in [2.24, 2.45) is 0 Å². The Bertz CT molecular complexity index is 476. The number of furan rings is 1. The van der Waals surface area contributed by atoms with Crippen molar-refractivity contribution in [2.45, 2.75) is 39.2 Å². The molecule has 2 heteroatoms. The van der Waals surface area contributed by atoms with Crippen LogP contribution in [-0.4, -0.2) is 6.54 Å². The van der Waals surface area contributed by atoms with Crippen LogP contribution in [0.3, 0.4) is 0 Å². The summed E-state index contributed by atoms with van der Waals surface area (Å²) in [4.78, 5) is 0. The highest BCUT2D eigenvalue weighted by Gasteiger charge is 2.15. The molecule has 1 aromatic heterocycles. The Morgan fingerprint density at radius 3 is 2.68 bits per heavy atom. The molecule has 1 atom stereocenters. The van der Waals surface area contributed by atoms with Crippen LogP contribution < -0.4 is 5.32 Å². The lowest BCUT2D eigenvalue weighted by molar-refractivity contribution is 0.446. The zero-order valence-corrected chi connectivity index (χ0v) is 11.9. The van der Waals surface area contributed by atoms with Crippen LogP contribution in [0, 0.1) is 0 Å². The van der Waals surface area contributed by atoms with E-state index < -0.39 is 0 Å². The summed E-state index contributed by atoms with van der Waals surface area (Å²) in [5.74, 6) is 0.988. The zero-order valence-electron chi connectivity index (χ0n) is 11.9. The summed E-state index contributed by atoms with van der Waals surface area (Å²) in [5, 5.41) is 3.56. The second kappa shape index (κ2) is 7.15. The summed E-state index contributed by atoms with van der Waals surface area (Å²) in [6.07, 6.45) is 5.17. The van der Waals surface area contributed by atoms with E-state index in [2.05, 4.69) is 43.4 Å². The van der Waals surface area contributed by atoms with Gasteiger partial charge in [-0.25, -0.2) is 0 Å². The third-order valence-electron chi connectivity index (χ3n) is 3.25. The fraction of sp³-hybridized carbons (Fsp3) is 0.412. The summed E-state index contributed by atoms with van der Waals surface area (Å²) in [7, 11) is 0. The van der Waals surface area contributed by atoms with Gasteiger partial charge in [0, 0.05) is 0 Å². The molecule has 0 spiro atoms. The summed E-state index contributed by atoms with van der Waals surface area (Å²) in [6.45, 7) is 5.38. The van der Waals surface area contributed by atoms with E-state index in [-0.39, 0.29) is 6.04 Å². The minimum Gasteiger partial charge on any atom is -0.467 e. The first-order chi connectivity index (χ1) is 9.35. The maximum absolute atomic E-state index is 5.58. The Kier molecular flexibility index (Phi) is 5.22. The lowest BCUT2D eigenvalue weighted by Gasteiger charge is -2.17. The number of hydrogen-bond acceptors (Lipinski definition) is 2. The van der Waals surface area contributed by atoms with Gasteiger partial charge in [0.25, 0.3) is 0 Å². The van der Waals surface area contributed by atoms with Gasteiger partial charge in [-0.2, -0.15) is 0 Å². The van der Waals surface area contributed by atoms with Crippen molar-refractivity contribution in [1.29, 1.82) is 0 Å². The van der Waals surface area contributed by atoms with E-state index in [9.17, 15) is 0 Å². The minimum atomic E-state index is 0.159. The largest absolute Gasteiger partial charge is 0.467 e. The normalized spacial score (nSPS) is 12.5. The van der Waals surface area contributed by atoms with Crippen molar-refractivity contribution in [3.05, 3.63) is 59.5 Å². The smallest absolute Gasteiger partial charge is 0.125 e. The highest BCUT2D eigenvalue weighted by atomic mass is 16.3. The molecule has 0 saturated carbocycles. The molecule has 0 amide bonds. The van der Waals surface area contributed by atoms with Crippen LogP contribution in [0.15, 0.2) is 47.1 Å². The number of rotatable bonds is 7. The molecule has 0 bridgehead atoms. The SMILES string of the molecule is CCCNC(c1cccc(CCC)c1)c1ccco1. The van der Waals surface area contributed by atoms with Gasteiger partial charge in [-0.15, -0.1) is 0 Å². The van der Waals surface area contributed by atoms with Crippen molar-refractivity contribution in [3.63, 3.8) is 0 Å². The highest BCUT2D eigenvalue weighted by molar-refractivity contribution is 5.30. The fourth-order valence-electron chi connectivity index (χ4n) is 2.34. The molecule has 2 rings (SSSR count). The lowest BCUT2D eigenvalue weighted by Crippen LogP contribution is -2.22. The molecule has 1 aromatic carbocycles. The molecule has 19 heavy (non-hydrogen) atoms. The van der Waals surface area contributed by atoms with E-state index in [1.807, 2.05) is 12.1 Å². The van der Waals surface area contributed by atoms with Crippen molar-refractivity contribution in [1.82, 2.24) is 5.32 Å². The maximum atomic E-state index is 5.58. The predicted molar refractivity (Wildman–Crippen MR) is 79.3 cm³/mol. The van der Waals surface area contributed by atoms with Crippen molar-refractivity contribution < 1.29 is 4.42 Å². The van der Waals surface area contributed by atoms with Gasteiger partial charge in [-0.1, -0.05) is 44.5 Å². The summed E-state index contributed by atoms with van der Waals surface area (Å²) in [6, 6.07) is 13.0. The first kappa shape index (κ1) is 13.9. The first-order valence-corrected chi connectivity index (χ1v) is 7.20. The Labute approximate surface area is 115 Å². The Morgan fingerprint density at radius 2 is 2.00 bits per heavy atom. The Hall–Kier alpha value is -1.54. The van der Waals surface area contributed by atoms with Gasteiger partial charge in [0.05, 0.1) is 12.3 Å². The van der Waals surface area contributed by atoms with E-state index >= 15 is 0 Å². The molecule has 1 heterocycles. The van der Waals surface area contributed by atoms with Crippen LogP contribution in [0.1, 0.15) is 49.6 Å². The molecular weight excluding hydrogens is 234 g/mol. The second-order valence-corrected chi connectivity index (χ2v) is 4.90. The van der Waals surface area contributed by atoms with E-state index in [0.717, 1.165) is 25.1 Å². The average molecular weight is 257 g/mol. The van der Waals surface area contributed by atoms with Gasteiger partial charge in [0.15, 0.2) is 0 Å². The summed E-state index contributed by atoms with van der Waals surface area (Å²) in [5.41, 5.74) is 2.68. The standard InChI is InChI=1S/C17H23NO/c1-3-7-14-8-5-9-15(13-14)17(18-11-4-2)16-10-6-12-19-16/h5-6,8-10,12-13,17-18H,3-4,7,11H2,1-2H3. The minimum absolute atomic E-state index is 0.159. The number of nitrogens with one attached hydrogen (secondary N) is 1. The third kappa shape index (κ3) is 3.71. The van der Waals surface area contributed by atoms with E-state index in [4.69, 9.17) is 4.42 Å². The van der Waals surface area contributed by atoms with Gasteiger partial charge in [0.1, 0.15) is 5.76 Å². The van der Waals surface area contributed by atoms with Crippen LogP contribution in [-0.2, 0) is 6.42 Å². The predicted octanol–water partition coefficient (Wildman–Crippen LogP) is 4.32. The maximum Gasteiger partial charge on any atom is 0.125 e. The molecular formula is C17H23NO. The molecule has 2 aromatic rings. The van der Waals surface area contributed by atoms with Crippen LogP contribution in [0.4, 0.5) is 0 Å². The molecule has 1 N–H and O–H groups in total. The van der Waals surface area contributed by atoms with Gasteiger partial charge in [0.2, 0.25) is 0 Å². The number of hydrogen-bond donors (Lipinski definition) is 1. The molecule has 0 saturated heterocycles. The Balaban J connectivity index is 2.24. The monoisotopic (exact) mass is 257 g/mol. The number of benzene rings is 1. The van der Waals surface area contributed by atoms with Crippen LogP contribution >= 0.6 is 0 Å². The zero-order chi connectivity index (χ0) is 13.5. The number of aryl methyl sites for hydroxylation is 1. The van der Waals surface area contributed by atoms with E-state index in [0.29, 0.717) is 0 Å². The van der Waals surface area contributed by atoms with Gasteiger partial charge < -0.3 is 9.73 Å². The molecule has 0 aliphatic rings. The summed E-state index contributed by atoms with van der Waals surface area (Å²) >= 11 is 0. The first-order valence-electron chi connectivity index (χ1n) is 7.20. The van der Waals surface area contributed by atoms with E-state index in [1.54, 1.807) is 6.26 Å². The average Bonchev–Trinajstić information content (AvgIpc) is 2.94. The van der Waals surface area contributed by atoms with Crippen LogP contribution in [0.2, 0.25) is 0 Å². The van der Waals surface area contributed by atoms with Crippen LogP contribution in [0.5, 0.6) is 0 Å². The topological polar surface area (TPSA) is 25.2 Å². The third-order valence-corrected chi connectivity index (χ3v) is 3.25. The molecule has 1 unspecified atom stereocenters. The molecule has 102 valence electrons. The van der Waals surface area contributed by atoms with Gasteiger partial charge in [-0.3, -0.25) is 0 Å².